The van der Waals surface area contributed by atoms with Gasteiger partial charge in [-0.25, -0.2) is 0 Å². The quantitative estimate of drug-likeness (QED) is 0.557. The van der Waals surface area contributed by atoms with Crippen LogP contribution in [0.3, 0.4) is 0 Å². The second-order valence-corrected chi connectivity index (χ2v) is 7.86. The van der Waals surface area contributed by atoms with Gasteiger partial charge in [0.15, 0.2) is 0 Å². The van der Waals surface area contributed by atoms with Crippen molar-refractivity contribution < 1.29 is 9.32 Å². The highest BCUT2D eigenvalue weighted by Crippen LogP contribution is 2.29. The minimum atomic E-state index is -0.0575. The fourth-order valence-electron chi connectivity index (χ4n) is 3.29. The number of aromatic nitrogens is 2. The van der Waals surface area contributed by atoms with E-state index in [2.05, 4.69) is 26.1 Å². The molecule has 2 heterocycles. The first-order valence-corrected chi connectivity index (χ1v) is 9.92. The van der Waals surface area contributed by atoms with E-state index in [4.69, 9.17) is 16.1 Å². The zero-order chi connectivity index (χ0) is 18.8. The summed E-state index contributed by atoms with van der Waals surface area (Å²) in [6, 6.07) is 14.9. The van der Waals surface area contributed by atoms with Crippen molar-refractivity contribution in [2.24, 2.45) is 0 Å². The number of nitrogens with zero attached hydrogens (tertiary/aromatic N) is 3. The summed E-state index contributed by atoms with van der Waals surface area (Å²) >= 11 is 9.60. The van der Waals surface area contributed by atoms with Crippen LogP contribution in [0.2, 0.25) is 5.02 Å². The topological polar surface area (TPSA) is 59.2 Å². The molecular weight excluding hydrogens is 430 g/mol. The molecule has 2 aromatic carbocycles. The van der Waals surface area contributed by atoms with Crippen LogP contribution in [0.4, 0.5) is 0 Å². The Bertz CT molecular complexity index is 958. The van der Waals surface area contributed by atoms with Gasteiger partial charge in [0.2, 0.25) is 11.7 Å². The van der Waals surface area contributed by atoms with Gasteiger partial charge in [0.1, 0.15) is 0 Å². The maximum Gasteiger partial charge on any atom is 0.255 e. The van der Waals surface area contributed by atoms with Gasteiger partial charge in [-0.1, -0.05) is 44.8 Å². The lowest BCUT2D eigenvalue weighted by Gasteiger charge is -2.31. The van der Waals surface area contributed by atoms with Gasteiger partial charge in [-0.05, 0) is 49.2 Å². The molecule has 7 heteroatoms. The smallest absolute Gasteiger partial charge is 0.255 e. The van der Waals surface area contributed by atoms with E-state index in [1.54, 1.807) is 12.1 Å². The molecule has 1 amide bonds. The molecule has 1 aliphatic heterocycles. The average Bonchev–Trinajstić information content (AvgIpc) is 3.19. The number of hydrogen-bond donors (Lipinski definition) is 0. The average molecular weight is 447 g/mol. The Morgan fingerprint density at radius 1 is 1.19 bits per heavy atom. The van der Waals surface area contributed by atoms with Crippen molar-refractivity contribution in [3.05, 3.63) is 69.5 Å². The molecule has 1 aromatic heterocycles. The molecule has 0 spiro atoms. The number of piperidine rings is 1. The summed E-state index contributed by atoms with van der Waals surface area (Å²) in [5.74, 6) is 1.11. The van der Waals surface area contributed by atoms with E-state index in [9.17, 15) is 4.79 Å². The number of carbonyl (C=O) groups is 1. The van der Waals surface area contributed by atoms with Gasteiger partial charge in [-0.3, -0.25) is 4.79 Å². The normalized spacial score (nSPS) is 17.1. The van der Waals surface area contributed by atoms with Crippen LogP contribution < -0.4 is 0 Å². The first kappa shape index (κ1) is 18.2. The fraction of sp³-hybridized carbons (Fsp3) is 0.250. The molecule has 1 atom stereocenters. The largest absolute Gasteiger partial charge is 0.339 e. The molecule has 0 saturated carbocycles. The van der Waals surface area contributed by atoms with Gasteiger partial charge < -0.3 is 9.42 Å². The van der Waals surface area contributed by atoms with E-state index in [1.165, 1.54) is 0 Å². The molecule has 1 fully saturated rings. The highest BCUT2D eigenvalue weighted by atomic mass is 79.9. The molecule has 0 aliphatic carbocycles. The van der Waals surface area contributed by atoms with Crippen LogP contribution in [-0.2, 0) is 0 Å². The van der Waals surface area contributed by atoms with E-state index < -0.39 is 0 Å². The fourth-order valence-corrected chi connectivity index (χ4v) is 3.77. The van der Waals surface area contributed by atoms with Crippen LogP contribution in [0.1, 0.15) is 35.0 Å². The SMILES string of the molecule is O=C(c1ccccc1Cl)N1CCCC(c2nc(-c3ccc(Br)cc3)no2)C1. The Morgan fingerprint density at radius 3 is 2.74 bits per heavy atom. The highest BCUT2D eigenvalue weighted by molar-refractivity contribution is 9.10. The van der Waals surface area contributed by atoms with Crippen molar-refractivity contribution in [2.45, 2.75) is 18.8 Å². The van der Waals surface area contributed by atoms with Crippen molar-refractivity contribution in [2.75, 3.05) is 13.1 Å². The maximum absolute atomic E-state index is 12.8. The Morgan fingerprint density at radius 2 is 1.96 bits per heavy atom. The predicted octanol–water partition coefficient (Wildman–Crippen LogP) is 5.17. The van der Waals surface area contributed by atoms with Crippen LogP contribution in [0, 0.1) is 0 Å². The lowest BCUT2D eigenvalue weighted by atomic mass is 9.97. The number of likely N-dealkylation sites (tertiary alicyclic amines) is 1. The van der Waals surface area contributed by atoms with Crippen molar-refractivity contribution in [1.29, 1.82) is 0 Å². The highest BCUT2D eigenvalue weighted by Gasteiger charge is 2.29. The maximum atomic E-state index is 12.8. The second-order valence-electron chi connectivity index (χ2n) is 6.53. The molecule has 1 aliphatic rings. The molecule has 0 N–H and O–H groups in total. The summed E-state index contributed by atoms with van der Waals surface area (Å²) in [6.07, 6.45) is 1.80. The number of amides is 1. The lowest BCUT2D eigenvalue weighted by molar-refractivity contribution is 0.0696. The second kappa shape index (κ2) is 7.82. The number of rotatable bonds is 3. The molecule has 5 nitrogen and oxygen atoms in total. The number of benzene rings is 2. The molecule has 1 saturated heterocycles. The summed E-state index contributed by atoms with van der Waals surface area (Å²) in [6.45, 7) is 1.25. The van der Waals surface area contributed by atoms with Gasteiger partial charge in [0, 0.05) is 23.1 Å². The van der Waals surface area contributed by atoms with E-state index in [0.717, 1.165) is 22.9 Å². The van der Waals surface area contributed by atoms with Crippen molar-refractivity contribution >= 4 is 33.4 Å². The Hall–Kier alpha value is -2.18. The van der Waals surface area contributed by atoms with Gasteiger partial charge in [0.25, 0.3) is 5.91 Å². The van der Waals surface area contributed by atoms with Crippen molar-refractivity contribution in [1.82, 2.24) is 15.0 Å². The Labute approximate surface area is 170 Å². The summed E-state index contributed by atoms with van der Waals surface area (Å²) in [4.78, 5) is 19.2. The number of carbonyl (C=O) groups excluding carboxylic acids is 1. The molecule has 4 rings (SSSR count). The van der Waals surface area contributed by atoms with Crippen molar-refractivity contribution in [3.63, 3.8) is 0 Å². The Kier molecular flexibility index (Phi) is 5.27. The summed E-state index contributed by atoms with van der Waals surface area (Å²) in [5.41, 5.74) is 1.42. The van der Waals surface area contributed by atoms with E-state index in [1.807, 2.05) is 41.3 Å². The number of hydrogen-bond acceptors (Lipinski definition) is 4. The predicted molar refractivity (Wildman–Crippen MR) is 107 cm³/mol. The molecule has 3 aromatic rings. The monoisotopic (exact) mass is 445 g/mol. The van der Waals surface area contributed by atoms with Crippen LogP contribution in [0.5, 0.6) is 0 Å². The Balaban J connectivity index is 1.51. The lowest BCUT2D eigenvalue weighted by Crippen LogP contribution is -2.39. The first-order chi connectivity index (χ1) is 13.1. The van der Waals surface area contributed by atoms with Crippen LogP contribution in [-0.4, -0.2) is 34.0 Å². The number of halogens is 2. The van der Waals surface area contributed by atoms with Gasteiger partial charge in [-0.2, -0.15) is 4.98 Å². The third kappa shape index (κ3) is 3.92. The molecule has 0 bridgehead atoms. The van der Waals surface area contributed by atoms with Crippen molar-refractivity contribution in [3.8, 4) is 11.4 Å². The minimum Gasteiger partial charge on any atom is -0.339 e. The molecular formula is C20H17BrClN3O2. The zero-order valence-corrected chi connectivity index (χ0v) is 16.8. The summed E-state index contributed by atoms with van der Waals surface area (Å²) in [7, 11) is 0. The molecule has 27 heavy (non-hydrogen) atoms. The van der Waals surface area contributed by atoms with Gasteiger partial charge in [0.05, 0.1) is 16.5 Å². The third-order valence-electron chi connectivity index (χ3n) is 4.71. The van der Waals surface area contributed by atoms with Gasteiger partial charge >= 0.3 is 0 Å². The molecule has 1 unspecified atom stereocenters. The van der Waals surface area contributed by atoms with Crippen LogP contribution in [0.25, 0.3) is 11.4 Å². The molecule has 138 valence electrons. The van der Waals surface area contributed by atoms with E-state index in [0.29, 0.717) is 35.4 Å². The summed E-state index contributed by atoms with van der Waals surface area (Å²) in [5, 5.41) is 4.58. The summed E-state index contributed by atoms with van der Waals surface area (Å²) < 4.78 is 6.51. The van der Waals surface area contributed by atoms with Gasteiger partial charge in [-0.15, -0.1) is 0 Å². The zero-order valence-electron chi connectivity index (χ0n) is 14.4. The minimum absolute atomic E-state index is 0.0295. The van der Waals surface area contributed by atoms with E-state index >= 15 is 0 Å². The van der Waals surface area contributed by atoms with Crippen LogP contribution >= 0.6 is 27.5 Å². The molecule has 0 radical (unpaired) electrons. The van der Waals surface area contributed by atoms with E-state index in [-0.39, 0.29) is 11.8 Å². The van der Waals surface area contributed by atoms with Crippen LogP contribution in [0.15, 0.2) is 57.5 Å². The third-order valence-corrected chi connectivity index (χ3v) is 5.56. The first-order valence-electron chi connectivity index (χ1n) is 8.75. The standard InChI is InChI=1S/C20H17BrClN3O2/c21-15-9-7-13(8-10-15)18-23-19(27-24-18)14-4-3-11-25(12-14)20(26)16-5-1-2-6-17(16)22/h1-2,5-10,14H,3-4,11-12H2.